The molecule has 0 radical (unpaired) electrons. The number of ether oxygens (including phenoxy) is 1. The molecule has 1 unspecified atom stereocenters. The molecule has 2 N–H and O–H groups in total. The number of benzene rings is 1. The number of rotatable bonds is 10. The first-order valence-electron chi connectivity index (χ1n) is 8.33. The third kappa shape index (κ3) is 7.24. The summed E-state index contributed by atoms with van der Waals surface area (Å²) in [5.74, 6) is -0.941. The van der Waals surface area contributed by atoms with E-state index in [1.165, 1.54) is 18.7 Å². The summed E-state index contributed by atoms with van der Waals surface area (Å²) in [7, 11) is 0. The van der Waals surface area contributed by atoms with Gasteiger partial charge in [-0.05, 0) is 31.0 Å². The minimum Gasteiger partial charge on any atom is -0.494 e. The standard InChI is InChI=1S/C18H26N2O5/c1-4-10-25-16-7-5-6-15(11-16)12-17(22)20(13(2)18(23)24)9-8-19-14(3)21/h5-7,11,13H,4,8-10,12H2,1-3H3,(H,19,21)(H,23,24). The summed E-state index contributed by atoms with van der Waals surface area (Å²) in [6.45, 7) is 5.77. The van der Waals surface area contributed by atoms with Crippen LogP contribution >= 0.6 is 0 Å². The summed E-state index contributed by atoms with van der Waals surface area (Å²) in [5, 5.41) is 11.8. The maximum Gasteiger partial charge on any atom is 0.326 e. The van der Waals surface area contributed by atoms with Gasteiger partial charge in [-0.25, -0.2) is 4.79 Å². The van der Waals surface area contributed by atoms with E-state index in [2.05, 4.69) is 5.32 Å². The van der Waals surface area contributed by atoms with E-state index in [4.69, 9.17) is 4.74 Å². The third-order valence-electron chi connectivity index (χ3n) is 3.60. The maximum absolute atomic E-state index is 12.6. The molecule has 1 rings (SSSR count). The van der Waals surface area contributed by atoms with Gasteiger partial charge in [-0.1, -0.05) is 19.1 Å². The predicted molar refractivity (Wildman–Crippen MR) is 93.4 cm³/mol. The van der Waals surface area contributed by atoms with E-state index in [9.17, 15) is 19.5 Å². The molecule has 25 heavy (non-hydrogen) atoms. The molecule has 0 aliphatic carbocycles. The molecule has 7 nitrogen and oxygen atoms in total. The summed E-state index contributed by atoms with van der Waals surface area (Å²) in [6.07, 6.45) is 0.956. The Balaban J connectivity index is 2.79. The zero-order chi connectivity index (χ0) is 18.8. The molecular weight excluding hydrogens is 324 g/mol. The van der Waals surface area contributed by atoms with Crippen LogP contribution in [0.25, 0.3) is 0 Å². The zero-order valence-electron chi connectivity index (χ0n) is 14.9. The zero-order valence-corrected chi connectivity index (χ0v) is 14.9. The fourth-order valence-electron chi connectivity index (χ4n) is 2.26. The molecule has 1 aromatic carbocycles. The van der Waals surface area contributed by atoms with E-state index in [0.717, 1.165) is 12.0 Å². The van der Waals surface area contributed by atoms with Crippen molar-refractivity contribution < 1.29 is 24.2 Å². The van der Waals surface area contributed by atoms with E-state index in [1.807, 2.05) is 13.0 Å². The van der Waals surface area contributed by atoms with Gasteiger partial charge in [0.05, 0.1) is 13.0 Å². The first kappa shape index (κ1) is 20.5. The quantitative estimate of drug-likeness (QED) is 0.666. The van der Waals surface area contributed by atoms with Crippen LogP contribution in [0.2, 0.25) is 0 Å². The minimum absolute atomic E-state index is 0.0705. The molecule has 0 heterocycles. The van der Waals surface area contributed by atoms with Crippen LogP contribution in [0.5, 0.6) is 5.75 Å². The molecule has 0 saturated heterocycles. The van der Waals surface area contributed by atoms with Gasteiger partial charge in [-0.15, -0.1) is 0 Å². The molecular formula is C18H26N2O5. The van der Waals surface area contributed by atoms with Crippen LogP contribution in [-0.4, -0.2) is 53.5 Å². The first-order chi connectivity index (χ1) is 11.8. The van der Waals surface area contributed by atoms with Crippen LogP contribution in [0, 0.1) is 0 Å². The lowest BCUT2D eigenvalue weighted by Gasteiger charge is -2.26. The Morgan fingerprint density at radius 2 is 2.04 bits per heavy atom. The van der Waals surface area contributed by atoms with E-state index in [0.29, 0.717) is 12.4 Å². The van der Waals surface area contributed by atoms with Gasteiger partial charge in [0.15, 0.2) is 0 Å². The highest BCUT2D eigenvalue weighted by molar-refractivity contribution is 5.85. The Kier molecular flexibility index (Phi) is 8.46. The van der Waals surface area contributed by atoms with Crippen molar-refractivity contribution in [2.45, 2.75) is 39.7 Å². The van der Waals surface area contributed by atoms with Crippen LogP contribution in [0.15, 0.2) is 24.3 Å². The normalized spacial score (nSPS) is 11.5. The highest BCUT2D eigenvalue weighted by Crippen LogP contribution is 2.15. The fourth-order valence-corrected chi connectivity index (χ4v) is 2.26. The van der Waals surface area contributed by atoms with Crippen molar-refractivity contribution in [3.05, 3.63) is 29.8 Å². The van der Waals surface area contributed by atoms with Crippen molar-refractivity contribution in [1.82, 2.24) is 10.2 Å². The molecule has 0 aliphatic heterocycles. The lowest BCUT2D eigenvalue weighted by atomic mass is 10.1. The molecule has 0 fully saturated rings. The van der Waals surface area contributed by atoms with Crippen molar-refractivity contribution in [3.8, 4) is 5.75 Å². The number of hydrogen-bond donors (Lipinski definition) is 2. The Labute approximate surface area is 148 Å². The predicted octanol–water partition coefficient (Wildman–Crippen LogP) is 1.46. The summed E-state index contributed by atoms with van der Waals surface area (Å²) >= 11 is 0. The molecule has 1 atom stereocenters. The second-order valence-corrected chi connectivity index (χ2v) is 5.76. The summed E-state index contributed by atoms with van der Waals surface area (Å²) in [5.41, 5.74) is 0.751. The molecule has 1 aromatic rings. The van der Waals surface area contributed by atoms with Gasteiger partial charge in [0.2, 0.25) is 11.8 Å². The third-order valence-corrected chi connectivity index (χ3v) is 3.60. The fraction of sp³-hybridized carbons (Fsp3) is 0.500. The molecule has 0 aromatic heterocycles. The van der Waals surface area contributed by atoms with Crippen molar-refractivity contribution >= 4 is 17.8 Å². The molecule has 0 saturated carbocycles. The highest BCUT2D eigenvalue weighted by atomic mass is 16.5. The molecule has 0 spiro atoms. The molecule has 0 bridgehead atoms. The lowest BCUT2D eigenvalue weighted by molar-refractivity contribution is -0.149. The van der Waals surface area contributed by atoms with Crippen LogP contribution in [-0.2, 0) is 20.8 Å². The van der Waals surface area contributed by atoms with E-state index in [-0.39, 0.29) is 31.3 Å². The summed E-state index contributed by atoms with van der Waals surface area (Å²) < 4.78 is 5.55. The molecule has 138 valence electrons. The van der Waals surface area contributed by atoms with E-state index in [1.54, 1.807) is 18.2 Å². The SMILES string of the molecule is CCCOc1cccc(CC(=O)N(CCNC(C)=O)C(C)C(=O)O)c1. The number of nitrogens with zero attached hydrogens (tertiary/aromatic N) is 1. The lowest BCUT2D eigenvalue weighted by Crippen LogP contribution is -2.47. The Morgan fingerprint density at radius 3 is 2.64 bits per heavy atom. The van der Waals surface area contributed by atoms with Gasteiger partial charge in [-0.3, -0.25) is 9.59 Å². The Hall–Kier alpha value is -2.57. The monoisotopic (exact) mass is 350 g/mol. The largest absolute Gasteiger partial charge is 0.494 e. The number of aliphatic carboxylic acids is 1. The van der Waals surface area contributed by atoms with Gasteiger partial charge in [0.1, 0.15) is 11.8 Å². The van der Waals surface area contributed by atoms with Gasteiger partial charge in [0, 0.05) is 20.0 Å². The van der Waals surface area contributed by atoms with E-state index < -0.39 is 12.0 Å². The second-order valence-electron chi connectivity index (χ2n) is 5.76. The maximum atomic E-state index is 12.6. The number of carboxylic acids is 1. The van der Waals surface area contributed by atoms with Crippen molar-refractivity contribution in [2.75, 3.05) is 19.7 Å². The van der Waals surface area contributed by atoms with Crippen LogP contribution in [0.1, 0.15) is 32.8 Å². The highest BCUT2D eigenvalue weighted by Gasteiger charge is 2.25. The van der Waals surface area contributed by atoms with Crippen molar-refractivity contribution in [3.63, 3.8) is 0 Å². The van der Waals surface area contributed by atoms with Gasteiger partial charge < -0.3 is 20.1 Å². The van der Waals surface area contributed by atoms with Crippen LogP contribution in [0.3, 0.4) is 0 Å². The minimum atomic E-state index is -1.09. The average Bonchev–Trinajstić information content (AvgIpc) is 2.56. The summed E-state index contributed by atoms with van der Waals surface area (Å²) in [4.78, 5) is 36.1. The smallest absolute Gasteiger partial charge is 0.326 e. The molecule has 2 amide bonds. The first-order valence-corrected chi connectivity index (χ1v) is 8.33. The van der Waals surface area contributed by atoms with Crippen molar-refractivity contribution in [1.29, 1.82) is 0 Å². The number of hydrogen-bond acceptors (Lipinski definition) is 4. The van der Waals surface area contributed by atoms with Crippen LogP contribution in [0.4, 0.5) is 0 Å². The Bertz CT molecular complexity index is 603. The average molecular weight is 350 g/mol. The number of carbonyl (C=O) groups excluding carboxylic acids is 2. The molecule has 0 aliphatic rings. The number of carbonyl (C=O) groups is 3. The summed E-state index contributed by atoms with van der Waals surface area (Å²) in [6, 6.07) is 6.23. The second kappa shape index (κ2) is 10.3. The van der Waals surface area contributed by atoms with Gasteiger partial charge >= 0.3 is 5.97 Å². The van der Waals surface area contributed by atoms with E-state index >= 15 is 0 Å². The number of amides is 2. The van der Waals surface area contributed by atoms with Gasteiger partial charge in [-0.2, -0.15) is 0 Å². The molecule has 7 heteroatoms. The van der Waals surface area contributed by atoms with Crippen LogP contribution < -0.4 is 10.1 Å². The number of nitrogens with one attached hydrogen (secondary N) is 1. The van der Waals surface area contributed by atoms with Crippen molar-refractivity contribution in [2.24, 2.45) is 0 Å². The topological polar surface area (TPSA) is 95.9 Å². The Morgan fingerprint density at radius 1 is 1.32 bits per heavy atom. The van der Waals surface area contributed by atoms with Gasteiger partial charge in [0.25, 0.3) is 0 Å². The number of carboxylic acid groups (broad SMARTS) is 1.